The Morgan fingerprint density at radius 2 is 2.16 bits per heavy atom. The average Bonchev–Trinajstić information content (AvgIpc) is 2.89. The molecule has 0 bridgehead atoms. The van der Waals surface area contributed by atoms with Gasteiger partial charge in [-0.05, 0) is 31.7 Å². The number of nitrogens with zero attached hydrogens (tertiary/aromatic N) is 2. The molecule has 1 aromatic heterocycles. The zero-order valence-electron chi connectivity index (χ0n) is 12.3. The Kier molecular flexibility index (Phi) is 6.11. The molecule has 1 aliphatic carbocycles. The minimum absolute atomic E-state index is 0.879. The van der Waals surface area contributed by atoms with Gasteiger partial charge in [0.2, 0.25) is 0 Å². The maximum Gasteiger partial charge on any atom is 0.185 e. The molecule has 0 amide bonds. The molecule has 1 aliphatic rings. The van der Waals surface area contributed by atoms with Crippen molar-refractivity contribution in [2.45, 2.75) is 52.0 Å². The Morgan fingerprint density at radius 1 is 1.37 bits per heavy atom. The molecule has 1 fully saturated rings. The summed E-state index contributed by atoms with van der Waals surface area (Å²) >= 11 is 1.78. The predicted octanol–water partition coefficient (Wildman–Crippen LogP) is 3.66. The lowest BCUT2D eigenvalue weighted by Crippen LogP contribution is -2.26. The Morgan fingerprint density at radius 3 is 2.89 bits per heavy atom. The summed E-state index contributed by atoms with van der Waals surface area (Å²) in [6.45, 7) is 5.35. The van der Waals surface area contributed by atoms with E-state index in [1.165, 1.54) is 55.9 Å². The van der Waals surface area contributed by atoms with E-state index in [1.54, 1.807) is 11.3 Å². The summed E-state index contributed by atoms with van der Waals surface area (Å²) in [5, 5.41) is 6.78. The second kappa shape index (κ2) is 7.85. The highest BCUT2D eigenvalue weighted by Crippen LogP contribution is 2.27. The van der Waals surface area contributed by atoms with E-state index in [1.807, 2.05) is 0 Å². The van der Waals surface area contributed by atoms with Crippen molar-refractivity contribution < 1.29 is 0 Å². The monoisotopic (exact) mass is 281 g/mol. The largest absolute Gasteiger partial charge is 0.351 e. The number of rotatable bonds is 7. The topological polar surface area (TPSA) is 28.2 Å². The van der Waals surface area contributed by atoms with E-state index in [-0.39, 0.29) is 0 Å². The van der Waals surface area contributed by atoms with Crippen molar-refractivity contribution in [2.75, 3.05) is 25.0 Å². The number of hydrogen-bond acceptors (Lipinski definition) is 4. The van der Waals surface area contributed by atoms with Crippen molar-refractivity contribution in [1.82, 2.24) is 10.3 Å². The minimum Gasteiger partial charge on any atom is -0.351 e. The van der Waals surface area contributed by atoms with Crippen LogP contribution in [0, 0.1) is 5.92 Å². The van der Waals surface area contributed by atoms with Crippen LogP contribution in [0.3, 0.4) is 0 Å². The molecule has 0 unspecified atom stereocenters. The molecular formula is C15H27N3S. The third kappa shape index (κ3) is 4.77. The van der Waals surface area contributed by atoms with Crippen LogP contribution in [0.2, 0.25) is 0 Å². The summed E-state index contributed by atoms with van der Waals surface area (Å²) in [6, 6.07) is 0. The first-order valence-electron chi connectivity index (χ1n) is 7.66. The standard InChI is InChI=1S/C15H27N3S/c1-3-9-16-10-14-12-19-15(17-14)18(2)11-13-7-5-4-6-8-13/h12-13,16H,3-11H2,1-2H3. The Labute approximate surface area is 121 Å². The Balaban J connectivity index is 1.79. The summed E-state index contributed by atoms with van der Waals surface area (Å²) in [6.07, 6.45) is 8.26. The van der Waals surface area contributed by atoms with Gasteiger partial charge in [-0.2, -0.15) is 0 Å². The van der Waals surface area contributed by atoms with Crippen LogP contribution in [0.15, 0.2) is 5.38 Å². The van der Waals surface area contributed by atoms with Crippen molar-refractivity contribution in [1.29, 1.82) is 0 Å². The second-order valence-corrected chi connectivity index (χ2v) is 6.52. The highest BCUT2D eigenvalue weighted by molar-refractivity contribution is 7.13. The van der Waals surface area contributed by atoms with Crippen molar-refractivity contribution in [3.8, 4) is 0 Å². The van der Waals surface area contributed by atoms with E-state index in [2.05, 4.69) is 29.6 Å². The average molecular weight is 281 g/mol. The molecule has 0 atom stereocenters. The molecule has 1 N–H and O–H groups in total. The van der Waals surface area contributed by atoms with Crippen LogP contribution < -0.4 is 10.2 Å². The van der Waals surface area contributed by atoms with Gasteiger partial charge < -0.3 is 10.2 Å². The molecule has 4 heteroatoms. The third-order valence-corrected chi connectivity index (χ3v) is 4.86. The maximum atomic E-state index is 4.73. The lowest BCUT2D eigenvalue weighted by Gasteiger charge is -2.26. The van der Waals surface area contributed by atoms with E-state index >= 15 is 0 Å². The fourth-order valence-electron chi connectivity index (χ4n) is 2.78. The molecule has 1 aromatic rings. The van der Waals surface area contributed by atoms with Crippen LogP contribution in [0.1, 0.15) is 51.1 Å². The van der Waals surface area contributed by atoms with Crippen LogP contribution in [0.4, 0.5) is 5.13 Å². The fourth-order valence-corrected chi connectivity index (χ4v) is 3.58. The van der Waals surface area contributed by atoms with Crippen molar-refractivity contribution in [2.24, 2.45) is 5.92 Å². The lowest BCUT2D eigenvalue weighted by molar-refractivity contribution is 0.362. The number of hydrogen-bond donors (Lipinski definition) is 1. The van der Waals surface area contributed by atoms with E-state index in [4.69, 9.17) is 4.98 Å². The molecule has 0 spiro atoms. The highest BCUT2D eigenvalue weighted by atomic mass is 32.1. The molecule has 0 radical (unpaired) electrons. The van der Waals surface area contributed by atoms with Gasteiger partial charge in [-0.1, -0.05) is 26.2 Å². The van der Waals surface area contributed by atoms with E-state index in [0.29, 0.717) is 0 Å². The summed E-state index contributed by atoms with van der Waals surface area (Å²) in [5.74, 6) is 0.879. The molecule has 3 nitrogen and oxygen atoms in total. The number of aromatic nitrogens is 1. The zero-order valence-corrected chi connectivity index (χ0v) is 13.1. The first-order valence-corrected chi connectivity index (χ1v) is 8.53. The zero-order chi connectivity index (χ0) is 13.5. The quantitative estimate of drug-likeness (QED) is 0.773. The highest BCUT2D eigenvalue weighted by Gasteiger charge is 2.17. The first kappa shape index (κ1) is 14.8. The normalized spacial score (nSPS) is 16.7. The summed E-state index contributed by atoms with van der Waals surface area (Å²) < 4.78 is 0. The molecule has 108 valence electrons. The van der Waals surface area contributed by atoms with Crippen LogP contribution in [0.25, 0.3) is 0 Å². The van der Waals surface area contributed by atoms with Crippen molar-refractivity contribution in [3.05, 3.63) is 11.1 Å². The van der Waals surface area contributed by atoms with Crippen LogP contribution in [0.5, 0.6) is 0 Å². The lowest BCUT2D eigenvalue weighted by atomic mass is 9.89. The van der Waals surface area contributed by atoms with E-state index in [9.17, 15) is 0 Å². The van der Waals surface area contributed by atoms with Gasteiger partial charge in [-0.15, -0.1) is 11.3 Å². The van der Waals surface area contributed by atoms with Gasteiger partial charge in [0.25, 0.3) is 0 Å². The number of thiazole rings is 1. The Hall–Kier alpha value is -0.610. The molecule has 2 rings (SSSR count). The van der Waals surface area contributed by atoms with Crippen LogP contribution in [-0.4, -0.2) is 25.1 Å². The van der Waals surface area contributed by atoms with Gasteiger partial charge in [-0.25, -0.2) is 4.98 Å². The summed E-state index contributed by atoms with van der Waals surface area (Å²) in [7, 11) is 2.19. The molecule has 0 aromatic carbocycles. The Bertz CT molecular complexity index is 358. The minimum atomic E-state index is 0.879. The van der Waals surface area contributed by atoms with Crippen LogP contribution in [-0.2, 0) is 6.54 Å². The maximum absolute atomic E-state index is 4.73. The van der Waals surface area contributed by atoms with Crippen LogP contribution >= 0.6 is 11.3 Å². The fraction of sp³-hybridized carbons (Fsp3) is 0.800. The van der Waals surface area contributed by atoms with Gasteiger partial charge in [0.05, 0.1) is 5.69 Å². The molecule has 1 heterocycles. The summed E-state index contributed by atoms with van der Waals surface area (Å²) in [5.41, 5.74) is 1.18. The molecule has 0 saturated heterocycles. The van der Waals surface area contributed by atoms with Gasteiger partial charge >= 0.3 is 0 Å². The van der Waals surface area contributed by atoms with Gasteiger partial charge in [0, 0.05) is 25.5 Å². The smallest absolute Gasteiger partial charge is 0.185 e. The number of anilines is 1. The molecule has 19 heavy (non-hydrogen) atoms. The first-order chi connectivity index (χ1) is 9.29. The molecule has 1 saturated carbocycles. The SMILES string of the molecule is CCCNCc1csc(N(C)CC2CCCCC2)n1. The van der Waals surface area contributed by atoms with Crippen molar-refractivity contribution >= 4 is 16.5 Å². The van der Waals surface area contributed by atoms with Gasteiger partial charge in [-0.3, -0.25) is 0 Å². The number of nitrogens with one attached hydrogen (secondary N) is 1. The summed E-state index contributed by atoms with van der Waals surface area (Å²) in [4.78, 5) is 7.08. The third-order valence-electron chi connectivity index (χ3n) is 3.86. The predicted molar refractivity (Wildman–Crippen MR) is 84.0 cm³/mol. The van der Waals surface area contributed by atoms with Gasteiger partial charge in [0.1, 0.15) is 0 Å². The van der Waals surface area contributed by atoms with Crippen molar-refractivity contribution in [3.63, 3.8) is 0 Å². The van der Waals surface area contributed by atoms with E-state index < -0.39 is 0 Å². The second-order valence-electron chi connectivity index (χ2n) is 5.68. The van der Waals surface area contributed by atoms with Gasteiger partial charge in [0.15, 0.2) is 5.13 Å². The molecule has 0 aliphatic heterocycles. The molecular weight excluding hydrogens is 254 g/mol. The van der Waals surface area contributed by atoms with E-state index in [0.717, 1.165) is 19.0 Å².